The lowest BCUT2D eigenvalue weighted by Crippen LogP contribution is -2.46. The zero-order chi connectivity index (χ0) is 17.0. The van der Waals surface area contributed by atoms with E-state index in [1.807, 2.05) is 25.6 Å². The van der Waals surface area contributed by atoms with Crippen molar-refractivity contribution in [2.75, 3.05) is 31.6 Å². The first kappa shape index (κ1) is 18.1. The van der Waals surface area contributed by atoms with Crippen LogP contribution in [0.4, 0.5) is 0 Å². The average molecular weight is 337 g/mol. The maximum atomic E-state index is 12.5. The van der Waals surface area contributed by atoms with Crippen molar-refractivity contribution in [1.29, 1.82) is 0 Å². The summed E-state index contributed by atoms with van der Waals surface area (Å²) in [6.07, 6.45) is 4.02. The summed E-state index contributed by atoms with van der Waals surface area (Å²) in [5.41, 5.74) is 1.89. The number of piperidine rings is 1. The van der Waals surface area contributed by atoms with Gasteiger partial charge in [0.1, 0.15) is 5.56 Å². The lowest BCUT2D eigenvalue weighted by Gasteiger charge is -2.32. The van der Waals surface area contributed by atoms with Gasteiger partial charge >= 0.3 is 0 Å². The van der Waals surface area contributed by atoms with Gasteiger partial charge in [0.2, 0.25) is 0 Å². The van der Waals surface area contributed by atoms with E-state index in [4.69, 9.17) is 0 Å². The minimum atomic E-state index is -0.240. The van der Waals surface area contributed by atoms with E-state index in [1.54, 1.807) is 17.7 Å². The molecule has 1 N–H and O–H groups in total. The maximum Gasteiger partial charge on any atom is 0.263 e. The van der Waals surface area contributed by atoms with Gasteiger partial charge in [0, 0.05) is 44.2 Å². The quantitative estimate of drug-likeness (QED) is 0.886. The molecule has 0 saturated carbocycles. The molecule has 1 amide bonds. The summed E-state index contributed by atoms with van der Waals surface area (Å²) in [4.78, 5) is 27.2. The molecule has 1 saturated heterocycles. The largest absolute Gasteiger partial charge is 0.349 e. The Morgan fingerprint density at radius 3 is 2.61 bits per heavy atom. The third-order valence-corrected chi connectivity index (χ3v) is 5.34. The summed E-state index contributed by atoms with van der Waals surface area (Å²) in [6, 6.07) is 1.87. The van der Waals surface area contributed by atoms with E-state index in [0.717, 1.165) is 49.5 Å². The predicted molar refractivity (Wildman–Crippen MR) is 96.5 cm³/mol. The number of likely N-dealkylation sites (tertiary alicyclic amines) is 1. The Labute approximate surface area is 142 Å². The highest BCUT2D eigenvalue weighted by Crippen LogP contribution is 2.12. The SMILES string of the molecule is CSCCN1CCC(NC(=O)c2cc(C)c(C)n(C)c2=O)CC1. The van der Waals surface area contributed by atoms with Crippen LogP contribution in [0.3, 0.4) is 0 Å². The third kappa shape index (κ3) is 4.38. The maximum absolute atomic E-state index is 12.5. The molecule has 6 heteroatoms. The van der Waals surface area contributed by atoms with Gasteiger partial charge in [0.05, 0.1) is 0 Å². The number of hydrogen-bond acceptors (Lipinski definition) is 4. The number of hydrogen-bond donors (Lipinski definition) is 1. The second kappa shape index (κ2) is 8.02. The van der Waals surface area contributed by atoms with Crippen LogP contribution in [0, 0.1) is 13.8 Å². The molecule has 1 aromatic heterocycles. The minimum absolute atomic E-state index is 0.166. The topological polar surface area (TPSA) is 54.3 Å². The molecule has 0 aliphatic carbocycles. The van der Waals surface area contributed by atoms with Gasteiger partial charge in [-0.25, -0.2) is 0 Å². The highest BCUT2D eigenvalue weighted by atomic mass is 32.2. The van der Waals surface area contributed by atoms with Crippen LogP contribution in [0.5, 0.6) is 0 Å². The number of rotatable bonds is 5. The number of carbonyl (C=O) groups is 1. The first-order valence-electron chi connectivity index (χ1n) is 8.13. The van der Waals surface area contributed by atoms with Gasteiger partial charge in [0.15, 0.2) is 0 Å². The van der Waals surface area contributed by atoms with Crippen LogP contribution in [0.2, 0.25) is 0 Å². The van der Waals surface area contributed by atoms with Crippen molar-refractivity contribution in [2.45, 2.75) is 32.7 Å². The van der Waals surface area contributed by atoms with E-state index in [1.165, 1.54) is 0 Å². The summed E-state index contributed by atoms with van der Waals surface area (Å²) in [5.74, 6) is 0.909. The smallest absolute Gasteiger partial charge is 0.263 e. The number of aromatic nitrogens is 1. The Morgan fingerprint density at radius 1 is 1.35 bits per heavy atom. The van der Waals surface area contributed by atoms with Crippen LogP contribution < -0.4 is 10.9 Å². The van der Waals surface area contributed by atoms with Crippen LogP contribution in [-0.4, -0.2) is 53.1 Å². The zero-order valence-electron chi connectivity index (χ0n) is 14.5. The second-order valence-corrected chi connectivity index (χ2v) is 7.26. The first-order valence-corrected chi connectivity index (χ1v) is 9.52. The molecule has 2 rings (SSSR count). The highest BCUT2D eigenvalue weighted by molar-refractivity contribution is 7.98. The van der Waals surface area contributed by atoms with E-state index in [9.17, 15) is 9.59 Å². The van der Waals surface area contributed by atoms with Crippen LogP contribution in [0.1, 0.15) is 34.5 Å². The van der Waals surface area contributed by atoms with Gasteiger partial charge in [-0.1, -0.05) is 0 Å². The predicted octanol–water partition coefficient (Wildman–Crippen LogP) is 1.56. The average Bonchev–Trinajstić information content (AvgIpc) is 2.55. The molecular formula is C17H27N3O2S. The molecule has 0 aromatic carbocycles. The van der Waals surface area contributed by atoms with E-state index < -0.39 is 0 Å². The fourth-order valence-electron chi connectivity index (χ4n) is 2.93. The molecular weight excluding hydrogens is 310 g/mol. The van der Waals surface area contributed by atoms with Gasteiger partial charge in [0.25, 0.3) is 11.5 Å². The number of aryl methyl sites for hydroxylation is 1. The summed E-state index contributed by atoms with van der Waals surface area (Å²) in [6.45, 7) is 6.95. The molecule has 0 radical (unpaired) electrons. The Kier molecular flexibility index (Phi) is 6.30. The molecule has 1 aromatic rings. The lowest BCUT2D eigenvalue weighted by molar-refractivity contribution is 0.0910. The zero-order valence-corrected chi connectivity index (χ0v) is 15.3. The fraction of sp³-hybridized carbons (Fsp3) is 0.647. The molecule has 0 atom stereocenters. The molecule has 1 aliphatic heterocycles. The van der Waals surface area contributed by atoms with E-state index in [-0.39, 0.29) is 23.1 Å². The van der Waals surface area contributed by atoms with Crippen molar-refractivity contribution in [3.05, 3.63) is 33.2 Å². The molecule has 0 spiro atoms. The van der Waals surface area contributed by atoms with Gasteiger partial charge in [-0.2, -0.15) is 11.8 Å². The number of nitrogens with one attached hydrogen (secondary N) is 1. The second-order valence-electron chi connectivity index (χ2n) is 6.27. The first-order chi connectivity index (χ1) is 10.9. The molecule has 0 bridgehead atoms. The van der Waals surface area contributed by atoms with Crippen LogP contribution >= 0.6 is 11.8 Å². The van der Waals surface area contributed by atoms with Gasteiger partial charge in [-0.05, 0) is 44.6 Å². The summed E-state index contributed by atoms with van der Waals surface area (Å²) >= 11 is 1.86. The summed E-state index contributed by atoms with van der Waals surface area (Å²) in [5, 5.41) is 3.04. The molecule has 5 nitrogen and oxygen atoms in total. The fourth-order valence-corrected chi connectivity index (χ4v) is 3.37. The van der Waals surface area contributed by atoms with E-state index >= 15 is 0 Å². The molecule has 0 unspecified atom stereocenters. The normalized spacial score (nSPS) is 16.5. The summed E-state index contributed by atoms with van der Waals surface area (Å²) in [7, 11) is 1.71. The van der Waals surface area contributed by atoms with Crippen LogP contribution in [0.25, 0.3) is 0 Å². The standard InChI is InChI=1S/C17H27N3O2S/c1-12-11-15(17(22)19(3)13(12)2)16(21)18-14-5-7-20(8-6-14)9-10-23-4/h11,14H,5-10H2,1-4H3,(H,18,21). The van der Waals surface area contributed by atoms with Gasteiger partial charge < -0.3 is 14.8 Å². The Hall–Kier alpha value is -1.27. The number of pyridine rings is 1. The number of nitrogens with zero attached hydrogens (tertiary/aromatic N) is 2. The van der Waals surface area contributed by atoms with Gasteiger partial charge in [-0.3, -0.25) is 9.59 Å². The monoisotopic (exact) mass is 337 g/mol. The van der Waals surface area contributed by atoms with Crippen LogP contribution in [0.15, 0.2) is 10.9 Å². The number of thioether (sulfide) groups is 1. The third-order valence-electron chi connectivity index (χ3n) is 4.75. The van der Waals surface area contributed by atoms with Crippen molar-refractivity contribution >= 4 is 17.7 Å². The Morgan fingerprint density at radius 2 is 2.00 bits per heavy atom. The lowest BCUT2D eigenvalue weighted by atomic mass is 10.0. The van der Waals surface area contributed by atoms with Crippen molar-refractivity contribution in [3.8, 4) is 0 Å². The Balaban J connectivity index is 1.97. The van der Waals surface area contributed by atoms with Gasteiger partial charge in [-0.15, -0.1) is 0 Å². The van der Waals surface area contributed by atoms with E-state index in [2.05, 4.69) is 16.5 Å². The minimum Gasteiger partial charge on any atom is -0.349 e. The molecule has 1 aliphatic rings. The molecule has 23 heavy (non-hydrogen) atoms. The number of carbonyl (C=O) groups excluding carboxylic acids is 1. The van der Waals surface area contributed by atoms with Crippen molar-refractivity contribution in [1.82, 2.24) is 14.8 Å². The highest BCUT2D eigenvalue weighted by Gasteiger charge is 2.22. The van der Waals surface area contributed by atoms with Crippen LogP contribution in [-0.2, 0) is 7.05 Å². The van der Waals surface area contributed by atoms with Crippen molar-refractivity contribution < 1.29 is 4.79 Å². The molecule has 2 heterocycles. The summed E-state index contributed by atoms with van der Waals surface area (Å²) < 4.78 is 1.55. The Bertz CT molecular complexity index is 619. The van der Waals surface area contributed by atoms with Crippen molar-refractivity contribution in [3.63, 3.8) is 0 Å². The number of amides is 1. The van der Waals surface area contributed by atoms with E-state index in [0.29, 0.717) is 0 Å². The molecule has 1 fully saturated rings. The van der Waals surface area contributed by atoms with Crippen molar-refractivity contribution in [2.24, 2.45) is 7.05 Å². The molecule has 128 valence electrons.